The summed E-state index contributed by atoms with van der Waals surface area (Å²) in [5.74, 6) is -1.55. The van der Waals surface area contributed by atoms with E-state index in [-0.39, 0.29) is 18.2 Å². The van der Waals surface area contributed by atoms with E-state index in [4.69, 9.17) is 5.11 Å². The molecule has 23 heavy (non-hydrogen) atoms. The molecule has 8 heteroatoms. The Labute approximate surface area is 132 Å². The van der Waals surface area contributed by atoms with Gasteiger partial charge in [-0.15, -0.1) is 0 Å². The van der Waals surface area contributed by atoms with Gasteiger partial charge >= 0.3 is 12.6 Å². The van der Waals surface area contributed by atoms with Gasteiger partial charge in [0.15, 0.2) is 0 Å². The summed E-state index contributed by atoms with van der Waals surface area (Å²) in [6.45, 7) is -1.77. The fourth-order valence-electron chi connectivity index (χ4n) is 2.52. The highest BCUT2D eigenvalue weighted by Gasteiger charge is 2.26. The lowest BCUT2D eigenvalue weighted by Gasteiger charge is -2.29. The van der Waals surface area contributed by atoms with Gasteiger partial charge < -0.3 is 15.2 Å². The quantitative estimate of drug-likeness (QED) is 0.835. The minimum Gasteiger partial charge on any atom is -0.481 e. The molecule has 1 aliphatic heterocycles. The molecule has 126 valence electrons. The van der Waals surface area contributed by atoms with Crippen molar-refractivity contribution in [3.05, 3.63) is 24.3 Å². The number of rotatable bonds is 6. The van der Waals surface area contributed by atoms with Crippen LogP contribution in [0.2, 0.25) is 0 Å². The second-order valence-electron chi connectivity index (χ2n) is 5.36. The molecular formula is C15H18F2N2O4. The number of likely N-dealkylation sites (tertiary alicyclic amines) is 1. The Hall–Kier alpha value is -2.22. The summed E-state index contributed by atoms with van der Waals surface area (Å²) < 4.78 is 28.3. The van der Waals surface area contributed by atoms with Gasteiger partial charge in [-0.1, -0.05) is 0 Å². The van der Waals surface area contributed by atoms with Gasteiger partial charge in [0.2, 0.25) is 5.91 Å². The third-order valence-electron chi connectivity index (χ3n) is 3.59. The van der Waals surface area contributed by atoms with Crippen molar-refractivity contribution in [3.8, 4) is 5.75 Å². The van der Waals surface area contributed by atoms with Gasteiger partial charge in [-0.2, -0.15) is 8.78 Å². The van der Waals surface area contributed by atoms with E-state index < -0.39 is 18.5 Å². The minimum atomic E-state index is -2.89. The van der Waals surface area contributed by atoms with Crippen LogP contribution in [-0.4, -0.2) is 48.1 Å². The van der Waals surface area contributed by atoms with E-state index in [2.05, 4.69) is 10.1 Å². The van der Waals surface area contributed by atoms with E-state index in [1.54, 1.807) is 4.90 Å². The number of amides is 1. The van der Waals surface area contributed by atoms with Gasteiger partial charge in [0, 0.05) is 12.2 Å². The van der Waals surface area contributed by atoms with Crippen molar-refractivity contribution in [2.75, 3.05) is 25.0 Å². The van der Waals surface area contributed by atoms with Crippen LogP contribution >= 0.6 is 0 Å². The summed E-state index contributed by atoms with van der Waals surface area (Å²) in [7, 11) is 0. The van der Waals surface area contributed by atoms with Crippen molar-refractivity contribution in [2.24, 2.45) is 5.92 Å². The standard InChI is InChI=1S/C15H18F2N2O4/c16-15(17)23-12-5-3-11(4-6-12)18-13(20)9-19-7-1-2-10(8-19)14(21)22/h3-6,10,15H,1-2,7-9H2,(H,18,20)(H,21,22). The molecule has 0 aliphatic carbocycles. The Morgan fingerprint density at radius 1 is 1.35 bits per heavy atom. The zero-order valence-electron chi connectivity index (χ0n) is 12.4. The lowest BCUT2D eigenvalue weighted by atomic mass is 9.98. The average molecular weight is 328 g/mol. The minimum absolute atomic E-state index is 0.0123. The second-order valence-corrected chi connectivity index (χ2v) is 5.36. The van der Waals surface area contributed by atoms with Crippen molar-refractivity contribution in [1.29, 1.82) is 0 Å². The number of carbonyl (C=O) groups excluding carboxylic acids is 1. The molecule has 1 heterocycles. The van der Waals surface area contributed by atoms with Crippen molar-refractivity contribution in [3.63, 3.8) is 0 Å². The van der Waals surface area contributed by atoms with E-state index in [9.17, 15) is 18.4 Å². The molecule has 1 atom stereocenters. The van der Waals surface area contributed by atoms with Gasteiger partial charge in [0.25, 0.3) is 0 Å². The number of hydrogen-bond donors (Lipinski definition) is 2. The smallest absolute Gasteiger partial charge is 0.387 e. The van der Waals surface area contributed by atoms with Crippen molar-refractivity contribution >= 4 is 17.6 Å². The highest BCUT2D eigenvalue weighted by Crippen LogP contribution is 2.19. The van der Waals surface area contributed by atoms with Crippen LogP contribution in [0.5, 0.6) is 5.75 Å². The SMILES string of the molecule is O=C(CN1CCCC(C(=O)O)C1)Nc1ccc(OC(F)F)cc1. The average Bonchev–Trinajstić information content (AvgIpc) is 2.49. The summed E-state index contributed by atoms with van der Waals surface area (Å²) in [4.78, 5) is 24.8. The van der Waals surface area contributed by atoms with Crippen molar-refractivity contribution in [2.45, 2.75) is 19.5 Å². The summed E-state index contributed by atoms with van der Waals surface area (Å²) in [6, 6.07) is 5.60. The van der Waals surface area contributed by atoms with Crippen LogP contribution in [0.4, 0.5) is 14.5 Å². The Kier molecular flexibility index (Phi) is 5.86. The lowest BCUT2D eigenvalue weighted by molar-refractivity contribution is -0.144. The molecule has 0 bridgehead atoms. The third-order valence-corrected chi connectivity index (χ3v) is 3.59. The van der Waals surface area contributed by atoms with E-state index in [0.29, 0.717) is 25.2 Å². The molecule has 0 aromatic heterocycles. The summed E-state index contributed by atoms with van der Waals surface area (Å²) in [6.07, 6.45) is 1.36. The maximum atomic E-state index is 12.0. The van der Waals surface area contributed by atoms with Gasteiger partial charge in [-0.05, 0) is 43.7 Å². The van der Waals surface area contributed by atoms with Crippen LogP contribution in [0.1, 0.15) is 12.8 Å². The van der Waals surface area contributed by atoms with Crippen LogP contribution in [0.25, 0.3) is 0 Å². The number of benzene rings is 1. The number of carboxylic acids is 1. The first-order valence-electron chi connectivity index (χ1n) is 7.24. The molecule has 0 spiro atoms. The van der Waals surface area contributed by atoms with Crippen LogP contribution in [0.15, 0.2) is 24.3 Å². The molecule has 1 aromatic carbocycles. The van der Waals surface area contributed by atoms with Crippen LogP contribution in [-0.2, 0) is 9.59 Å². The molecular weight excluding hydrogens is 310 g/mol. The van der Waals surface area contributed by atoms with Gasteiger partial charge in [0.1, 0.15) is 5.75 Å². The van der Waals surface area contributed by atoms with Crippen molar-refractivity contribution < 1.29 is 28.2 Å². The first-order chi connectivity index (χ1) is 10.9. The van der Waals surface area contributed by atoms with Crippen LogP contribution in [0.3, 0.4) is 0 Å². The fraction of sp³-hybridized carbons (Fsp3) is 0.467. The molecule has 1 amide bonds. The van der Waals surface area contributed by atoms with Gasteiger partial charge in [0.05, 0.1) is 12.5 Å². The zero-order chi connectivity index (χ0) is 16.8. The number of anilines is 1. The number of nitrogens with zero attached hydrogens (tertiary/aromatic N) is 1. The van der Waals surface area contributed by atoms with Crippen LogP contribution in [0, 0.1) is 5.92 Å². The Morgan fingerprint density at radius 3 is 2.65 bits per heavy atom. The second kappa shape index (κ2) is 7.87. The monoisotopic (exact) mass is 328 g/mol. The lowest BCUT2D eigenvalue weighted by Crippen LogP contribution is -2.42. The first-order valence-corrected chi connectivity index (χ1v) is 7.24. The predicted molar refractivity (Wildman–Crippen MR) is 78.5 cm³/mol. The first kappa shape index (κ1) is 17.1. The molecule has 1 aliphatic rings. The number of nitrogens with one attached hydrogen (secondary N) is 1. The topological polar surface area (TPSA) is 78.9 Å². The number of alkyl halides is 2. The number of carboxylic acid groups (broad SMARTS) is 1. The Bertz CT molecular complexity index is 551. The molecule has 6 nitrogen and oxygen atoms in total. The highest BCUT2D eigenvalue weighted by molar-refractivity contribution is 5.92. The Morgan fingerprint density at radius 2 is 2.04 bits per heavy atom. The molecule has 2 N–H and O–H groups in total. The molecule has 1 saturated heterocycles. The zero-order valence-corrected chi connectivity index (χ0v) is 12.4. The Balaban J connectivity index is 1.83. The largest absolute Gasteiger partial charge is 0.481 e. The number of hydrogen-bond acceptors (Lipinski definition) is 4. The van der Waals surface area contributed by atoms with Gasteiger partial charge in [-0.3, -0.25) is 14.5 Å². The highest BCUT2D eigenvalue weighted by atomic mass is 19.3. The third kappa shape index (κ3) is 5.48. The van der Waals surface area contributed by atoms with E-state index in [1.165, 1.54) is 24.3 Å². The molecule has 0 radical (unpaired) electrons. The van der Waals surface area contributed by atoms with Crippen LogP contribution < -0.4 is 10.1 Å². The maximum absolute atomic E-state index is 12.0. The summed E-state index contributed by atoms with van der Waals surface area (Å²) >= 11 is 0. The maximum Gasteiger partial charge on any atom is 0.387 e. The fourth-order valence-corrected chi connectivity index (χ4v) is 2.52. The predicted octanol–water partition coefficient (Wildman–Crippen LogP) is 2.02. The summed E-state index contributed by atoms with van der Waals surface area (Å²) in [5.41, 5.74) is 0.461. The molecule has 1 aromatic rings. The number of ether oxygens (including phenoxy) is 1. The van der Waals surface area contributed by atoms with E-state index >= 15 is 0 Å². The molecule has 2 rings (SSSR count). The number of carbonyl (C=O) groups is 2. The summed E-state index contributed by atoms with van der Waals surface area (Å²) in [5, 5.41) is 11.7. The number of piperidine rings is 1. The van der Waals surface area contributed by atoms with E-state index in [1.807, 2.05) is 0 Å². The molecule has 0 saturated carbocycles. The molecule has 1 fully saturated rings. The van der Waals surface area contributed by atoms with Gasteiger partial charge in [-0.25, -0.2) is 0 Å². The number of halogens is 2. The molecule has 1 unspecified atom stereocenters. The van der Waals surface area contributed by atoms with Crippen molar-refractivity contribution in [1.82, 2.24) is 4.90 Å². The normalized spacial score (nSPS) is 18.7. The number of aliphatic carboxylic acids is 1. The van der Waals surface area contributed by atoms with E-state index in [0.717, 1.165) is 6.42 Å².